The maximum atomic E-state index is 10.8. The van der Waals surface area contributed by atoms with Gasteiger partial charge in [-0.05, 0) is 32.4 Å². The van der Waals surface area contributed by atoms with E-state index in [1.165, 1.54) is 18.2 Å². The second-order valence-corrected chi connectivity index (χ2v) is 5.28. The van der Waals surface area contributed by atoms with Gasteiger partial charge in [0.15, 0.2) is 0 Å². The van der Waals surface area contributed by atoms with E-state index in [4.69, 9.17) is 16.1 Å². The van der Waals surface area contributed by atoms with Crippen LogP contribution in [0.5, 0.6) is 0 Å². The molecule has 21 heavy (non-hydrogen) atoms. The summed E-state index contributed by atoms with van der Waals surface area (Å²) in [4.78, 5) is 10.4. The lowest BCUT2D eigenvalue weighted by molar-refractivity contribution is -0.384. The van der Waals surface area contributed by atoms with Gasteiger partial charge in [-0.1, -0.05) is 16.8 Å². The summed E-state index contributed by atoms with van der Waals surface area (Å²) in [6.07, 6.45) is 0. The Bertz CT molecular complexity index is 650. The minimum Gasteiger partial charge on any atom is -0.361 e. The summed E-state index contributed by atoms with van der Waals surface area (Å²) in [7, 11) is 0. The van der Waals surface area contributed by atoms with Gasteiger partial charge in [0.25, 0.3) is 5.69 Å². The first-order valence-electron chi connectivity index (χ1n) is 6.49. The lowest BCUT2D eigenvalue weighted by Crippen LogP contribution is -2.19. The van der Waals surface area contributed by atoms with Crippen molar-refractivity contribution >= 4 is 17.3 Å². The predicted octanol–water partition coefficient (Wildman–Crippen LogP) is 3.70. The van der Waals surface area contributed by atoms with Gasteiger partial charge in [-0.15, -0.1) is 0 Å². The molecule has 112 valence electrons. The molecule has 0 radical (unpaired) electrons. The largest absolute Gasteiger partial charge is 0.361 e. The van der Waals surface area contributed by atoms with Crippen LogP contribution in [0, 0.1) is 24.0 Å². The highest BCUT2D eigenvalue weighted by Gasteiger charge is 2.17. The van der Waals surface area contributed by atoms with Crippen molar-refractivity contribution in [3.8, 4) is 0 Å². The fraction of sp³-hybridized carbons (Fsp3) is 0.357. The summed E-state index contributed by atoms with van der Waals surface area (Å²) in [6, 6.07) is 4.42. The average Bonchev–Trinajstić information content (AvgIpc) is 2.76. The Labute approximate surface area is 127 Å². The topological polar surface area (TPSA) is 81.2 Å². The Balaban J connectivity index is 2.13. The fourth-order valence-electron chi connectivity index (χ4n) is 2.28. The molecule has 0 bridgehead atoms. The number of benzene rings is 1. The molecule has 0 fully saturated rings. The van der Waals surface area contributed by atoms with E-state index in [1.54, 1.807) is 0 Å². The fourth-order valence-corrected chi connectivity index (χ4v) is 2.47. The summed E-state index contributed by atoms with van der Waals surface area (Å²) in [5.41, 5.74) is 2.54. The molecule has 0 aliphatic rings. The molecule has 6 nitrogen and oxygen atoms in total. The quantitative estimate of drug-likeness (QED) is 0.672. The number of halogens is 1. The molecule has 1 unspecified atom stereocenters. The van der Waals surface area contributed by atoms with Crippen LogP contribution in [0.1, 0.15) is 35.5 Å². The van der Waals surface area contributed by atoms with E-state index in [0.29, 0.717) is 17.1 Å². The van der Waals surface area contributed by atoms with Crippen LogP contribution in [-0.2, 0) is 6.54 Å². The van der Waals surface area contributed by atoms with Gasteiger partial charge in [-0.25, -0.2) is 0 Å². The Hall–Kier alpha value is -1.92. The third-order valence-electron chi connectivity index (χ3n) is 3.36. The number of nitro groups is 1. The van der Waals surface area contributed by atoms with Crippen LogP contribution in [0.25, 0.3) is 0 Å². The Morgan fingerprint density at radius 3 is 2.76 bits per heavy atom. The molecule has 0 aliphatic heterocycles. The smallest absolute Gasteiger partial charge is 0.269 e. The van der Waals surface area contributed by atoms with E-state index in [0.717, 1.165) is 17.0 Å². The van der Waals surface area contributed by atoms with Crippen LogP contribution in [0.15, 0.2) is 22.7 Å². The van der Waals surface area contributed by atoms with Crippen molar-refractivity contribution in [2.24, 2.45) is 0 Å². The Morgan fingerprint density at radius 1 is 1.48 bits per heavy atom. The van der Waals surface area contributed by atoms with Gasteiger partial charge < -0.3 is 9.84 Å². The van der Waals surface area contributed by atoms with E-state index in [9.17, 15) is 10.1 Å². The highest BCUT2D eigenvalue weighted by atomic mass is 35.5. The predicted molar refractivity (Wildman–Crippen MR) is 79.3 cm³/mol. The molecule has 0 aliphatic carbocycles. The van der Waals surface area contributed by atoms with Gasteiger partial charge in [0.1, 0.15) is 5.76 Å². The van der Waals surface area contributed by atoms with E-state index < -0.39 is 4.92 Å². The molecule has 0 spiro atoms. The van der Waals surface area contributed by atoms with Crippen molar-refractivity contribution in [1.82, 2.24) is 10.5 Å². The number of hydrogen-bond acceptors (Lipinski definition) is 5. The van der Waals surface area contributed by atoms with E-state index in [1.807, 2.05) is 20.8 Å². The SMILES string of the molecule is Cc1noc(C)c1C(C)NCc1cc([N+](=O)[O-])ccc1Cl. The van der Waals surface area contributed by atoms with Crippen LogP contribution >= 0.6 is 11.6 Å². The number of nitro benzene ring substituents is 1. The van der Waals surface area contributed by atoms with Crippen LogP contribution in [0.4, 0.5) is 5.69 Å². The molecule has 1 heterocycles. The number of aromatic nitrogens is 1. The molecular formula is C14H16ClN3O3. The van der Waals surface area contributed by atoms with Gasteiger partial charge >= 0.3 is 0 Å². The number of aryl methyl sites for hydroxylation is 2. The molecular weight excluding hydrogens is 294 g/mol. The Morgan fingerprint density at radius 2 is 2.19 bits per heavy atom. The Kier molecular flexibility index (Phi) is 4.59. The molecule has 0 saturated heterocycles. The van der Waals surface area contributed by atoms with Gasteiger partial charge in [-0.3, -0.25) is 10.1 Å². The molecule has 1 aromatic carbocycles. The van der Waals surface area contributed by atoms with Crippen LogP contribution in [0.3, 0.4) is 0 Å². The van der Waals surface area contributed by atoms with Gasteiger partial charge in [0.2, 0.25) is 0 Å². The molecule has 7 heteroatoms. The van der Waals surface area contributed by atoms with Crippen molar-refractivity contribution in [3.63, 3.8) is 0 Å². The van der Waals surface area contributed by atoms with Gasteiger partial charge in [0.05, 0.1) is 10.6 Å². The first-order valence-corrected chi connectivity index (χ1v) is 6.87. The van der Waals surface area contributed by atoms with Gasteiger partial charge in [0, 0.05) is 35.3 Å². The second kappa shape index (κ2) is 6.24. The molecule has 2 aromatic rings. The monoisotopic (exact) mass is 309 g/mol. The number of nitrogens with one attached hydrogen (secondary N) is 1. The summed E-state index contributed by atoms with van der Waals surface area (Å²) in [5.74, 6) is 0.762. The minimum absolute atomic E-state index is 0.00609. The maximum absolute atomic E-state index is 10.8. The van der Waals surface area contributed by atoms with E-state index in [2.05, 4.69) is 10.5 Å². The highest BCUT2D eigenvalue weighted by molar-refractivity contribution is 6.31. The molecule has 1 atom stereocenters. The van der Waals surface area contributed by atoms with Crippen molar-refractivity contribution < 1.29 is 9.45 Å². The second-order valence-electron chi connectivity index (χ2n) is 4.87. The average molecular weight is 310 g/mol. The standard InChI is InChI=1S/C14H16ClN3O3/c1-8(14-9(2)17-21-10(14)3)16-7-11-6-12(18(19)20)4-5-13(11)15/h4-6,8,16H,7H2,1-3H3. The first-order chi connectivity index (χ1) is 9.90. The summed E-state index contributed by atoms with van der Waals surface area (Å²) in [6.45, 7) is 6.14. The summed E-state index contributed by atoms with van der Waals surface area (Å²) >= 11 is 6.08. The first kappa shape index (κ1) is 15.5. The van der Waals surface area contributed by atoms with E-state index in [-0.39, 0.29) is 11.7 Å². The lowest BCUT2D eigenvalue weighted by Gasteiger charge is -2.14. The minimum atomic E-state index is -0.433. The molecule has 1 N–H and O–H groups in total. The highest BCUT2D eigenvalue weighted by Crippen LogP contribution is 2.24. The van der Waals surface area contributed by atoms with Crippen LogP contribution in [0.2, 0.25) is 5.02 Å². The molecule has 2 rings (SSSR count). The number of hydrogen-bond donors (Lipinski definition) is 1. The van der Waals surface area contributed by atoms with Crippen molar-refractivity contribution in [2.45, 2.75) is 33.4 Å². The van der Waals surface area contributed by atoms with E-state index >= 15 is 0 Å². The van der Waals surface area contributed by atoms with Crippen molar-refractivity contribution in [3.05, 3.63) is 55.9 Å². The molecule has 1 aromatic heterocycles. The lowest BCUT2D eigenvalue weighted by atomic mass is 10.1. The summed E-state index contributed by atoms with van der Waals surface area (Å²) < 4.78 is 5.14. The molecule has 0 saturated carbocycles. The zero-order valence-electron chi connectivity index (χ0n) is 12.0. The third-order valence-corrected chi connectivity index (χ3v) is 3.73. The normalized spacial score (nSPS) is 12.4. The van der Waals surface area contributed by atoms with Crippen molar-refractivity contribution in [2.75, 3.05) is 0 Å². The van der Waals surface area contributed by atoms with Crippen LogP contribution in [-0.4, -0.2) is 10.1 Å². The zero-order chi connectivity index (χ0) is 15.6. The molecule has 0 amide bonds. The zero-order valence-corrected chi connectivity index (χ0v) is 12.8. The maximum Gasteiger partial charge on any atom is 0.269 e. The number of rotatable bonds is 5. The number of non-ortho nitro benzene ring substituents is 1. The van der Waals surface area contributed by atoms with Crippen molar-refractivity contribution in [1.29, 1.82) is 0 Å². The van der Waals surface area contributed by atoms with Crippen LogP contribution < -0.4 is 5.32 Å². The number of nitrogens with zero attached hydrogens (tertiary/aromatic N) is 2. The van der Waals surface area contributed by atoms with Gasteiger partial charge in [-0.2, -0.15) is 0 Å². The third kappa shape index (κ3) is 3.40. The summed E-state index contributed by atoms with van der Waals surface area (Å²) in [5, 5.41) is 18.5.